The Bertz CT molecular complexity index is 1540. The first-order valence-corrected chi connectivity index (χ1v) is 13.5. The molecule has 1 fully saturated rings. The van der Waals surface area contributed by atoms with Crippen molar-refractivity contribution in [2.75, 3.05) is 0 Å². The highest BCUT2D eigenvalue weighted by atomic mass is 35.5. The molecule has 0 atom stereocenters. The third-order valence-electron chi connectivity index (χ3n) is 7.23. The van der Waals surface area contributed by atoms with Crippen molar-refractivity contribution in [1.29, 1.82) is 0 Å². The van der Waals surface area contributed by atoms with Crippen LogP contribution in [0.2, 0.25) is 5.02 Å². The van der Waals surface area contributed by atoms with Crippen LogP contribution in [0.25, 0.3) is 16.7 Å². The molecule has 1 aliphatic heterocycles. The van der Waals surface area contributed by atoms with Gasteiger partial charge in [0.05, 0.1) is 24.5 Å². The van der Waals surface area contributed by atoms with E-state index in [0.717, 1.165) is 53.8 Å². The highest BCUT2D eigenvalue weighted by Gasteiger charge is 2.33. The molecule has 204 valence electrons. The third kappa shape index (κ3) is 5.23. The van der Waals surface area contributed by atoms with Crippen LogP contribution in [0, 0.1) is 5.82 Å². The summed E-state index contributed by atoms with van der Waals surface area (Å²) in [6.45, 7) is 5.91. The van der Waals surface area contributed by atoms with Gasteiger partial charge in [0, 0.05) is 22.2 Å². The number of ether oxygens (including phenoxy) is 1. The van der Waals surface area contributed by atoms with E-state index in [1.165, 1.54) is 17.2 Å². The average molecular weight is 554 g/mol. The summed E-state index contributed by atoms with van der Waals surface area (Å²) in [5.74, 6) is 1.58. The van der Waals surface area contributed by atoms with Gasteiger partial charge in [0.1, 0.15) is 17.2 Å². The van der Waals surface area contributed by atoms with Gasteiger partial charge in [0.15, 0.2) is 11.4 Å². The molecule has 6 rings (SSSR count). The zero-order chi connectivity index (χ0) is 27.3. The Morgan fingerprint density at radius 2 is 1.82 bits per heavy atom. The van der Waals surface area contributed by atoms with Gasteiger partial charge in [-0.15, -0.1) is 15.3 Å². The molecule has 0 radical (unpaired) electrons. The topological polar surface area (TPSA) is 95.5 Å². The first kappa shape index (κ1) is 25.8. The number of nitrogens with zero attached hydrogens (tertiary/aromatic N) is 5. The fraction of sp³-hybridized carbons (Fsp3) is 0.429. The van der Waals surface area contributed by atoms with Crippen LogP contribution >= 0.6 is 11.6 Å². The summed E-state index contributed by atoms with van der Waals surface area (Å²) in [7, 11) is 0. The molecule has 2 aromatic carbocycles. The zero-order valence-electron chi connectivity index (χ0n) is 22.0. The lowest BCUT2D eigenvalue weighted by molar-refractivity contribution is -0.155. The van der Waals surface area contributed by atoms with Gasteiger partial charge in [-0.05, 0) is 88.4 Å². The fourth-order valence-corrected chi connectivity index (χ4v) is 5.74. The van der Waals surface area contributed by atoms with Crippen LogP contribution in [0.4, 0.5) is 9.18 Å². The molecule has 0 bridgehead atoms. The van der Waals surface area contributed by atoms with Gasteiger partial charge in [-0.25, -0.2) is 9.18 Å². The van der Waals surface area contributed by atoms with E-state index in [9.17, 15) is 9.18 Å². The first-order valence-electron chi connectivity index (χ1n) is 13.1. The molecule has 11 heteroatoms. The number of carbonyl (C=O) groups excluding carboxylic acids is 1. The molecule has 2 aliphatic rings. The summed E-state index contributed by atoms with van der Waals surface area (Å²) in [4.78, 5) is 18.0. The van der Waals surface area contributed by atoms with Gasteiger partial charge in [0.2, 0.25) is 0 Å². The van der Waals surface area contributed by atoms with Crippen molar-refractivity contribution >= 4 is 28.7 Å². The van der Waals surface area contributed by atoms with E-state index in [-0.39, 0.29) is 24.2 Å². The van der Waals surface area contributed by atoms with E-state index in [4.69, 9.17) is 25.7 Å². The highest BCUT2D eigenvalue weighted by Crippen LogP contribution is 2.43. The largest absolute Gasteiger partial charge is 0.528 e. The fourth-order valence-electron chi connectivity index (χ4n) is 5.55. The van der Waals surface area contributed by atoms with Crippen LogP contribution in [-0.4, -0.2) is 36.7 Å². The maximum Gasteiger partial charge on any atom is 0.528 e. The molecule has 0 unspecified atom stereocenters. The second-order valence-corrected chi connectivity index (χ2v) is 11.6. The number of hydroxylamine groups is 2. The van der Waals surface area contributed by atoms with Gasteiger partial charge in [-0.2, -0.15) is 0 Å². The SMILES string of the molecule is CC(C)(C)OC(=O)ON1Cc2cc(Cl)ccc2-n2c(nnc2C2CCC(c3noc4ccc(F)cc34)CC2)C1. The van der Waals surface area contributed by atoms with E-state index in [0.29, 0.717) is 23.0 Å². The number of hydrogen-bond acceptors (Lipinski definition) is 8. The predicted octanol–water partition coefficient (Wildman–Crippen LogP) is 6.82. The van der Waals surface area contributed by atoms with Crippen LogP contribution in [-0.2, 0) is 22.7 Å². The minimum atomic E-state index is -0.780. The molecule has 0 saturated heterocycles. The quantitative estimate of drug-likeness (QED) is 0.255. The highest BCUT2D eigenvalue weighted by molar-refractivity contribution is 6.30. The van der Waals surface area contributed by atoms with Crippen molar-refractivity contribution in [3.05, 3.63) is 70.1 Å². The van der Waals surface area contributed by atoms with E-state index in [1.54, 1.807) is 26.8 Å². The number of benzene rings is 2. The maximum absolute atomic E-state index is 13.9. The number of carbonyl (C=O) groups is 1. The van der Waals surface area contributed by atoms with Gasteiger partial charge in [-0.3, -0.25) is 4.57 Å². The Morgan fingerprint density at radius 1 is 1.05 bits per heavy atom. The first-order chi connectivity index (χ1) is 18.6. The lowest BCUT2D eigenvalue weighted by Gasteiger charge is -2.27. The predicted molar refractivity (Wildman–Crippen MR) is 141 cm³/mol. The van der Waals surface area contributed by atoms with Gasteiger partial charge >= 0.3 is 6.16 Å². The minimum absolute atomic E-state index is 0.166. The molecule has 2 aromatic heterocycles. The van der Waals surface area contributed by atoms with Gasteiger partial charge in [-0.1, -0.05) is 16.8 Å². The summed E-state index contributed by atoms with van der Waals surface area (Å²) in [5.41, 5.74) is 2.53. The number of fused-ring (bicyclic) bond motifs is 4. The van der Waals surface area contributed by atoms with Gasteiger partial charge < -0.3 is 14.1 Å². The van der Waals surface area contributed by atoms with E-state index < -0.39 is 11.8 Å². The molecular weight excluding hydrogens is 525 g/mol. The van der Waals surface area contributed by atoms with Crippen molar-refractivity contribution in [3.8, 4) is 5.69 Å². The Hall–Kier alpha value is -3.50. The lowest BCUT2D eigenvalue weighted by Crippen LogP contribution is -2.31. The van der Waals surface area contributed by atoms with Crippen LogP contribution in [0.3, 0.4) is 0 Å². The van der Waals surface area contributed by atoms with Gasteiger partial charge in [0.25, 0.3) is 0 Å². The third-order valence-corrected chi connectivity index (χ3v) is 7.47. The summed E-state index contributed by atoms with van der Waals surface area (Å²) in [6, 6.07) is 10.2. The number of aromatic nitrogens is 4. The van der Waals surface area contributed by atoms with Crippen LogP contribution in [0.5, 0.6) is 0 Å². The standard InChI is InChI=1S/C28H29ClFN5O4/c1-28(2,3)37-27(36)39-34-14-18-12-19(29)8-10-22(18)35-24(15-34)31-32-26(35)17-6-4-16(5-7-17)25-21-13-20(30)9-11-23(21)38-33-25/h8-13,16-17H,4-7,14-15H2,1-3H3. The van der Waals surface area contributed by atoms with Crippen LogP contribution in [0.15, 0.2) is 40.9 Å². The number of rotatable bonds is 3. The minimum Gasteiger partial charge on any atom is -0.427 e. The summed E-state index contributed by atoms with van der Waals surface area (Å²) >= 11 is 6.35. The van der Waals surface area contributed by atoms with E-state index in [1.807, 2.05) is 18.2 Å². The Kier molecular flexibility index (Phi) is 6.55. The summed E-state index contributed by atoms with van der Waals surface area (Å²) in [5, 5.41) is 16.2. The Labute approximate surface area is 229 Å². The molecular formula is C28H29ClFN5O4. The van der Waals surface area contributed by atoms with E-state index >= 15 is 0 Å². The molecule has 9 nitrogen and oxygen atoms in total. The van der Waals surface area contributed by atoms with Crippen molar-refractivity contribution in [2.24, 2.45) is 0 Å². The number of hydrogen-bond donors (Lipinski definition) is 0. The molecule has 4 aromatic rings. The maximum atomic E-state index is 13.9. The van der Waals surface area contributed by atoms with Crippen LogP contribution in [0.1, 0.15) is 81.2 Å². The number of halogens is 2. The lowest BCUT2D eigenvalue weighted by atomic mass is 9.79. The summed E-state index contributed by atoms with van der Waals surface area (Å²) in [6.07, 6.45) is 2.69. The molecule has 3 heterocycles. The molecule has 0 N–H and O–H groups in total. The molecule has 39 heavy (non-hydrogen) atoms. The van der Waals surface area contributed by atoms with Crippen molar-refractivity contribution < 1.29 is 23.3 Å². The van der Waals surface area contributed by atoms with Crippen molar-refractivity contribution in [1.82, 2.24) is 25.0 Å². The summed E-state index contributed by atoms with van der Waals surface area (Å²) < 4.78 is 26.8. The molecule has 0 spiro atoms. The second-order valence-electron chi connectivity index (χ2n) is 11.2. The molecule has 1 saturated carbocycles. The van der Waals surface area contributed by atoms with E-state index in [2.05, 4.69) is 19.9 Å². The Morgan fingerprint density at radius 3 is 2.59 bits per heavy atom. The average Bonchev–Trinajstić information content (AvgIpc) is 3.43. The van der Waals surface area contributed by atoms with Crippen LogP contribution < -0.4 is 0 Å². The Balaban J connectivity index is 1.26. The smallest absolute Gasteiger partial charge is 0.427 e. The van der Waals surface area contributed by atoms with Crippen molar-refractivity contribution in [2.45, 2.75) is 77.0 Å². The monoisotopic (exact) mass is 553 g/mol. The molecule has 0 amide bonds. The van der Waals surface area contributed by atoms with Crippen molar-refractivity contribution in [3.63, 3.8) is 0 Å². The molecule has 1 aliphatic carbocycles. The zero-order valence-corrected chi connectivity index (χ0v) is 22.7. The second kappa shape index (κ2) is 9.91. The normalized spacial score (nSPS) is 19.8.